The van der Waals surface area contributed by atoms with E-state index in [1.165, 1.54) is 34.4 Å². The largest absolute Gasteiger partial charge is 0.493 e. The second kappa shape index (κ2) is 7.61. The van der Waals surface area contributed by atoms with Gasteiger partial charge < -0.3 is 15.2 Å². The summed E-state index contributed by atoms with van der Waals surface area (Å²) in [6.07, 6.45) is 1.30. The van der Waals surface area contributed by atoms with Gasteiger partial charge in [-0.3, -0.25) is 18.7 Å². The van der Waals surface area contributed by atoms with Crippen LogP contribution >= 0.6 is 0 Å². The van der Waals surface area contributed by atoms with Crippen molar-refractivity contribution in [2.45, 2.75) is 0 Å². The molecule has 1 heterocycles. The number of ether oxygens (including phenoxy) is 2. The summed E-state index contributed by atoms with van der Waals surface area (Å²) in [5, 5.41) is 9.41. The highest BCUT2D eigenvalue weighted by molar-refractivity contribution is 6.16. The molecule has 0 aliphatic heterocycles. The lowest BCUT2D eigenvalue weighted by atomic mass is 10.0. The van der Waals surface area contributed by atoms with Gasteiger partial charge in [0.05, 0.1) is 14.2 Å². The van der Waals surface area contributed by atoms with Gasteiger partial charge in [-0.1, -0.05) is 6.07 Å². The van der Waals surface area contributed by atoms with Crippen molar-refractivity contribution in [2.75, 3.05) is 20.0 Å². The number of rotatable bonds is 5. The molecule has 0 saturated carbocycles. The number of anilines is 1. The first-order valence-corrected chi connectivity index (χ1v) is 7.70. The molecule has 0 atom stereocenters. The van der Waals surface area contributed by atoms with Crippen LogP contribution in [0.4, 0.5) is 5.82 Å². The second-order valence-corrected chi connectivity index (χ2v) is 5.58. The zero-order valence-corrected chi connectivity index (χ0v) is 15.3. The van der Waals surface area contributed by atoms with Gasteiger partial charge in [0.2, 0.25) is 5.78 Å². The van der Waals surface area contributed by atoms with Crippen LogP contribution < -0.4 is 26.5 Å². The van der Waals surface area contributed by atoms with Crippen LogP contribution in [0.3, 0.4) is 0 Å². The van der Waals surface area contributed by atoms with Gasteiger partial charge in [0, 0.05) is 14.1 Å². The molecule has 0 aliphatic carbocycles. The highest BCUT2D eigenvalue weighted by Gasteiger charge is 2.23. The standard InChI is InChI=1S/C18H18N4O5/c1-21-16(20)14(17(24)22(2)18(21)25)15(23)11(9-19)7-10-5-6-12(26-3)13(8-10)27-4/h5-8H,20H2,1-4H3/b11-7+. The maximum absolute atomic E-state index is 12.8. The summed E-state index contributed by atoms with van der Waals surface area (Å²) < 4.78 is 12.1. The van der Waals surface area contributed by atoms with Crippen molar-refractivity contribution in [3.63, 3.8) is 0 Å². The highest BCUT2D eigenvalue weighted by Crippen LogP contribution is 2.28. The summed E-state index contributed by atoms with van der Waals surface area (Å²) >= 11 is 0. The molecular formula is C18H18N4O5. The van der Waals surface area contributed by atoms with Gasteiger partial charge in [-0.25, -0.2) is 4.79 Å². The molecule has 27 heavy (non-hydrogen) atoms. The summed E-state index contributed by atoms with van der Waals surface area (Å²) in [6, 6.07) is 6.58. The molecule has 0 bridgehead atoms. The van der Waals surface area contributed by atoms with Gasteiger partial charge in [-0.15, -0.1) is 0 Å². The lowest BCUT2D eigenvalue weighted by Crippen LogP contribution is -2.41. The van der Waals surface area contributed by atoms with E-state index < -0.39 is 22.6 Å². The average Bonchev–Trinajstić information content (AvgIpc) is 2.68. The van der Waals surface area contributed by atoms with E-state index in [-0.39, 0.29) is 11.4 Å². The Labute approximate surface area is 154 Å². The number of methoxy groups -OCH3 is 2. The number of hydrogen-bond donors (Lipinski definition) is 1. The molecule has 2 aromatic rings. The number of nitrogens with zero attached hydrogens (tertiary/aromatic N) is 3. The van der Waals surface area contributed by atoms with Gasteiger partial charge in [0.1, 0.15) is 23.0 Å². The number of ketones is 1. The minimum Gasteiger partial charge on any atom is -0.493 e. The Hall–Kier alpha value is -3.80. The van der Waals surface area contributed by atoms with Crippen LogP contribution in [0.2, 0.25) is 0 Å². The fourth-order valence-electron chi connectivity index (χ4n) is 2.47. The molecule has 1 aromatic heterocycles. The first-order valence-electron chi connectivity index (χ1n) is 7.70. The number of benzene rings is 1. The molecule has 0 radical (unpaired) electrons. The minimum absolute atomic E-state index is 0.304. The van der Waals surface area contributed by atoms with Gasteiger partial charge in [-0.2, -0.15) is 5.26 Å². The molecule has 2 N–H and O–H groups in total. The molecule has 9 heteroatoms. The summed E-state index contributed by atoms with van der Waals surface area (Å²) in [5.41, 5.74) is 3.97. The molecule has 0 fully saturated rings. The smallest absolute Gasteiger partial charge is 0.332 e. The Bertz CT molecular complexity index is 1100. The molecular weight excluding hydrogens is 352 g/mol. The zero-order valence-electron chi connectivity index (χ0n) is 15.3. The number of nitriles is 1. The predicted molar refractivity (Wildman–Crippen MR) is 98.8 cm³/mol. The molecule has 0 aliphatic rings. The molecule has 0 saturated heterocycles. The normalized spacial score (nSPS) is 11.0. The lowest BCUT2D eigenvalue weighted by molar-refractivity contribution is 0.103. The maximum atomic E-state index is 12.8. The van der Waals surface area contributed by atoms with E-state index >= 15 is 0 Å². The zero-order chi connectivity index (χ0) is 20.3. The van der Waals surface area contributed by atoms with Crippen molar-refractivity contribution in [3.05, 3.63) is 55.7 Å². The monoisotopic (exact) mass is 370 g/mol. The molecule has 1 aromatic carbocycles. The van der Waals surface area contributed by atoms with Gasteiger partial charge in [0.15, 0.2) is 11.5 Å². The van der Waals surface area contributed by atoms with Crippen molar-refractivity contribution in [1.29, 1.82) is 5.26 Å². The van der Waals surface area contributed by atoms with Crippen LogP contribution in [0.25, 0.3) is 6.08 Å². The first-order chi connectivity index (χ1) is 12.8. The molecule has 2 rings (SSSR count). The van der Waals surface area contributed by atoms with Crippen molar-refractivity contribution < 1.29 is 14.3 Å². The molecule has 0 amide bonds. The third-order valence-corrected chi connectivity index (χ3v) is 4.02. The van der Waals surface area contributed by atoms with E-state index in [0.29, 0.717) is 17.1 Å². The van der Waals surface area contributed by atoms with E-state index in [1.54, 1.807) is 24.3 Å². The van der Waals surface area contributed by atoms with E-state index in [0.717, 1.165) is 9.13 Å². The third kappa shape index (κ3) is 3.46. The molecule has 9 nitrogen and oxygen atoms in total. The van der Waals surface area contributed by atoms with Crippen molar-refractivity contribution in [3.8, 4) is 17.6 Å². The Morgan fingerprint density at radius 3 is 2.33 bits per heavy atom. The minimum atomic E-state index is -0.874. The van der Waals surface area contributed by atoms with E-state index in [9.17, 15) is 19.6 Å². The number of nitrogens with two attached hydrogens (primary N) is 1. The van der Waals surface area contributed by atoms with Crippen LogP contribution in [-0.4, -0.2) is 29.1 Å². The van der Waals surface area contributed by atoms with Crippen molar-refractivity contribution in [2.24, 2.45) is 14.1 Å². The Morgan fingerprint density at radius 1 is 1.15 bits per heavy atom. The number of hydrogen-bond acceptors (Lipinski definition) is 7. The fourth-order valence-corrected chi connectivity index (χ4v) is 2.47. The predicted octanol–water partition coefficient (Wildman–Crippen LogP) is 0.473. The Kier molecular flexibility index (Phi) is 5.51. The SMILES string of the molecule is COc1ccc(/C=C(\C#N)C(=O)c2c(N)n(C)c(=O)n(C)c2=O)cc1OC. The first kappa shape index (κ1) is 19.5. The average molecular weight is 370 g/mol. The van der Waals surface area contributed by atoms with Crippen molar-refractivity contribution in [1.82, 2.24) is 9.13 Å². The van der Waals surface area contributed by atoms with Crippen LogP contribution in [0.1, 0.15) is 15.9 Å². The van der Waals surface area contributed by atoms with E-state index in [1.807, 2.05) is 0 Å². The molecule has 140 valence electrons. The lowest BCUT2D eigenvalue weighted by Gasteiger charge is -2.10. The number of carbonyl (C=O) groups excluding carboxylic acids is 1. The number of aromatic nitrogens is 2. The van der Waals surface area contributed by atoms with Crippen LogP contribution in [0.15, 0.2) is 33.4 Å². The van der Waals surface area contributed by atoms with Gasteiger partial charge in [0.25, 0.3) is 5.56 Å². The van der Waals surface area contributed by atoms with Gasteiger partial charge in [-0.05, 0) is 23.8 Å². The van der Waals surface area contributed by atoms with E-state index in [2.05, 4.69) is 0 Å². The van der Waals surface area contributed by atoms with Crippen LogP contribution in [0, 0.1) is 11.3 Å². The van der Waals surface area contributed by atoms with Gasteiger partial charge >= 0.3 is 5.69 Å². The summed E-state index contributed by atoms with van der Waals surface area (Å²) in [7, 11) is 5.50. The Morgan fingerprint density at radius 2 is 1.78 bits per heavy atom. The summed E-state index contributed by atoms with van der Waals surface area (Å²) in [5.74, 6) is -0.285. The molecule has 0 unspecified atom stereocenters. The quantitative estimate of drug-likeness (QED) is 0.460. The topological polar surface area (TPSA) is 129 Å². The third-order valence-electron chi connectivity index (χ3n) is 4.02. The highest BCUT2D eigenvalue weighted by atomic mass is 16.5. The van der Waals surface area contributed by atoms with E-state index in [4.69, 9.17) is 15.2 Å². The molecule has 0 spiro atoms. The number of allylic oxidation sites excluding steroid dienone is 1. The Balaban J connectivity index is 2.62. The van der Waals surface area contributed by atoms with Crippen LogP contribution in [0.5, 0.6) is 11.5 Å². The second-order valence-electron chi connectivity index (χ2n) is 5.58. The number of carbonyl (C=O) groups is 1. The number of Topliss-reactive ketones (excluding diaryl/α,β-unsaturated/α-hetero) is 1. The fraction of sp³-hybridized carbons (Fsp3) is 0.222. The number of nitrogen functional groups attached to an aromatic ring is 1. The summed E-state index contributed by atoms with van der Waals surface area (Å²) in [4.78, 5) is 37.0. The van der Waals surface area contributed by atoms with Crippen LogP contribution in [-0.2, 0) is 14.1 Å². The summed E-state index contributed by atoms with van der Waals surface area (Å²) in [6.45, 7) is 0. The van der Waals surface area contributed by atoms with Crippen molar-refractivity contribution >= 4 is 17.7 Å². The maximum Gasteiger partial charge on any atom is 0.332 e.